The minimum Gasteiger partial charge on any atom is -0.480 e. The summed E-state index contributed by atoms with van der Waals surface area (Å²) < 4.78 is 0. The number of carboxylic acids is 1. The number of carbonyl (C=O) groups is 1. The Labute approximate surface area is 103 Å². The maximum atomic E-state index is 11.2. The van der Waals surface area contributed by atoms with Crippen LogP contribution >= 0.6 is 0 Å². The lowest BCUT2D eigenvalue weighted by Crippen LogP contribution is -2.47. The third kappa shape index (κ3) is 4.64. The van der Waals surface area contributed by atoms with Gasteiger partial charge in [-0.05, 0) is 38.8 Å². The zero-order valence-corrected chi connectivity index (χ0v) is 10.5. The molecule has 0 aromatic rings. The van der Waals surface area contributed by atoms with Gasteiger partial charge in [0.25, 0.3) is 0 Å². The fraction of sp³-hybridized carbons (Fsp3) is 0.923. The lowest BCUT2D eigenvalue weighted by molar-refractivity contribution is -0.140. The number of hydrogen-bond acceptors (Lipinski definition) is 3. The monoisotopic (exact) mass is 240 g/mol. The van der Waals surface area contributed by atoms with Crippen LogP contribution in [0.15, 0.2) is 0 Å². The van der Waals surface area contributed by atoms with Crippen molar-refractivity contribution in [2.24, 2.45) is 0 Å². The van der Waals surface area contributed by atoms with Crippen molar-refractivity contribution in [2.75, 3.05) is 19.6 Å². The Kier molecular flexibility index (Phi) is 4.80. The van der Waals surface area contributed by atoms with Crippen LogP contribution in [0, 0.1) is 0 Å². The predicted molar refractivity (Wildman–Crippen MR) is 67.1 cm³/mol. The van der Waals surface area contributed by atoms with Crippen LogP contribution in [-0.2, 0) is 4.79 Å². The lowest BCUT2D eigenvalue weighted by atomic mass is 10.1. The molecule has 0 spiro atoms. The first kappa shape index (κ1) is 12.8. The third-order valence-electron chi connectivity index (χ3n) is 3.70. The van der Waals surface area contributed by atoms with Crippen molar-refractivity contribution in [2.45, 2.75) is 57.0 Å². The predicted octanol–water partition coefficient (Wildman–Crippen LogP) is 1.46. The van der Waals surface area contributed by atoms with Crippen LogP contribution in [0.3, 0.4) is 0 Å². The van der Waals surface area contributed by atoms with E-state index in [9.17, 15) is 9.90 Å². The van der Waals surface area contributed by atoms with E-state index in [1.165, 1.54) is 32.1 Å². The molecule has 2 N–H and O–H groups in total. The molecule has 2 rings (SSSR count). The van der Waals surface area contributed by atoms with Crippen LogP contribution in [0.2, 0.25) is 0 Å². The molecule has 0 bridgehead atoms. The summed E-state index contributed by atoms with van der Waals surface area (Å²) in [4.78, 5) is 13.5. The van der Waals surface area contributed by atoms with Crippen LogP contribution in [0.4, 0.5) is 0 Å². The first-order valence-corrected chi connectivity index (χ1v) is 6.97. The second-order valence-electron chi connectivity index (χ2n) is 5.40. The Hall–Kier alpha value is -0.610. The fourth-order valence-electron chi connectivity index (χ4n) is 2.49. The SMILES string of the molecule is O=C(O)C(CN1CCCCCCC1)NC1CC1. The van der Waals surface area contributed by atoms with Crippen molar-refractivity contribution in [3.8, 4) is 0 Å². The van der Waals surface area contributed by atoms with E-state index in [0.717, 1.165) is 25.9 Å². The van der Waals surface area contributed by atoms with E-state index in [1.807, 2.05) is 0 Å². The van der Waals surface area contributed by atoms with Gasteiger partial charge in [0.15, 0.2) is 0 Å². The maximum Gasteiger partial charge on any atom is 0.322 e. The molecule has 98 valence electrons. The van der Waals surface area contributed by atoms with Gasteiger partial charge in [0, 0.05) is 12.6 Å². The molecule has 1 atom stereocenters. The first-order valence-electron chi connectivity index (χ1n) is 6.97. The summed E-state index contributed by atoms with van der Waals surface area (Å²) >= 11 is 0. The molecule has 1 saturated heterocycles. The van der Waals surface area contributed by atoms with Crippen molar-refractivity contribution in [3.05, 3.63) is 0 Å². The summed E-state index contributed by atoms with van der Waals surface area (Å²) in [6.07, 6.45) is 8.66. The van der Waals surface area contributed by atoms with E-state index in [2.05, 4.69) is 10.2 Å². The van der Waals surface area contributed by atoms with Gasteiger partial charge in [-0.15, -0.1) is 0 Å². The van der Waals surface area contributed by atoms with Gasteiger partial charge in [-0.2, -0.15) is 0 Å². The number of nitrogens with zero attached hydrogens (tertiary/aromatic N) is 1. The van der Waals surface area contributed by atoms with Crippen molar-refractivity contribution in [1.82, 2.24) is 10.2 Å². The van der Waals surface area contributed by atoms with Gasteiger partial charge in [0.05, 0.1) is 0 Å². The smallest absolute Gasteiger partial charge is 0.322 e. The molecular formula is C13H24N2O2. The summed E-state index contributed by atoms with van der Waals surface area (Å²) in [5.41, 5.74) is 0. The fourth-order valence-corrected chi connectivity index (χ4v) is 2.49. The lowest BCUT2D eigenvalue weighted by Gasteiger charge is -2.27. The minimum absolute atomic E-state index is 0.373. The van der Waals surface area contributed by atoms with Crippen molar-refractivity contribution in [3.63, 3.8) is 0 Å². The second-order valence-corrected chi connectivity index (χ2v) is 5.40. The summed E-state index contributed by atoms with van der Waals surface area (Å²) in [6, 6.07) is 0.0905. The van der Waals surface area contributed by atoms with Crippen LogP contribution in [0.25, 0.3) is 0 Å². The van der Waals surface area contributed by atoms with Gasteiger partial charge >= 0.3 is 5.97 Å². The molecule has 0 aromatic heterocycles. The maximum absolute atomic E-state index is 11.2. The molecule has 2 fully saturated rings. The highest BCUT2D eigenvalue weighted by atomic mass is 16.4. The van der Waals surface area contributed by atoms with Gasteiger partial charge in [0.2, 0.25) is 0 Å². The Balaban J connectivity index is 1.79. The van der Waals surface area contributed by atoms with Crippen molar-refractivity contribution < 1.29 is 9.90 Å². The van der Waals surface area contributed by atoms with E-state index in [1.54, 1.807) is 0 Å². The molecule has 1 heterocycles. The Bertz CT molecular complexity index is 246. The van der Waals surface area contributed by atoms with Crippen LogP contribution < -0.4 is 5.32 Å². The third-order valence-corrected chi connectivity index (χ3v) is 3.70. The second kappa shape index (κ2) is 6.36. The Morgan fingerprint density at radius 2 is 1.76 bits per heavy atom. The molecule has 4 heteroatoms. The molecule has 17 heavy (non-hydrogen) atoms. The molecule has 1 unspecified atom stereocenters. The average Bonchev–Trinajstić information content (AvgIpc) is 3.03. The molecular weight excluding hydrogens is 216 g/mol. The van der Waals surface area contributed by atoms with E-state index >= 15 is 0 Å². The molecule has 1 aliphatic heterocycles. The Morgan fingerprint density at radius 1 is 1.18 bits per heavy atom. The number of hydrogen-bond donors (Lipinski definition) is 2. The number of rotatable bonds is 5. The molecule has 1 saturated carbocycles. The Morgan fingerprint density at radius 3 is 2.29 bits per heavy atom. The molecule has 4 nitrogen and oxygen atoms in total. The normalized spacial score (nSPS) is 24.9. The molecule has 2 aliphatic rings. The summed E-state index contributed by atoms with van der Waals surface area (Å²) in [6.45, 7) is 2.80. The highest BCUT2D eigenvalue weighted by Gasteiger charge is 2.29. The van der Waals surface area contributed by atoms with Gasteiger partial charge in [0.1, 0.15) is 6.04 Å². The summed E-state index contributed by atoms with van der Waals surface area (Å²) in [7, 11) is 0. The van der Waals surface area contributed by atoms with E-state index in [4.69, 9.17) is 0 Å². The van der Waals surface area contributed by atoms with E-state index in [0.29, 0.717) is 12.6 Å². The van der Waals surface area contributed by atoms with Gasteiger partial charge < -0.3 is 15.3 Å². The van der Waals surface area contributed by atoms with Crippen molar-refractivity contribution in [1.29, 1.82) is 0 Å². The van der Waals surface area contributed by atoms with Crippen LogP contribution in [0.1, 0.15) is 44.9 Å². The standard InChI is InChI=1S/C13H24N2O2/c16-13(17)12(14-11-6-7-11)10-15-8-4-2-1-3-5-9-15/h11-12,14H,1-10H2,(H,16,17). The van der Waals surface area contributed by atoms with Crippen LogP contribution in [-0.4, -0.2) is 47.7 Å². The average molecular weight is 240 g/mol. The number of carboxylic acid groups (broad SMARTS) is 1. The topological polar surface area (TPSA) is 52.6 Å². The van der Waals surface area contributed by atoms with Gasteiger partial charge in [-0.3, -0.25) is 4.79 Å². The van der Waals surface area contributed by atoms with Gasteiger partial charge in [-0.25, -0.2) is 0 Å². The number of likely N-dealkylation sites (tertiary alicyclic amines) is 1. The highest BCUT2D eigenvalue weighted by molar-refractivity contribution is 5.73. The zero-order valence-electron chi connectivity index (χ0n) is 10.5. The number of nitrogens with one attached hydrogen (secondary N) is 1. The molecule has 0 aromatic carbocycles. The summed E-state index contributed by atoms with van der Waals surface area (Å²) in [5.74, 6) is -0.695. The van der Waals surface area contributed by atoms with Crippen molar-refractivity contribution >= 4 is 5.97 Å². The quantitative estimate of drug-likeness (QED) is 0.764. The molecule has 0 radical (unpaired) electrons. The zero-order chi connectivity index (χ0) is 12.1. The van der Waals surface area contributed by atoms with E-state index in [-0.39, 0.29) is 6.04 Å². The van der Waals surface area contributed by atoms with E-state index < -0.39 is 5.97 Å². The van der Waals surface area contributed by atoms with Crippen LogP contribution in [0.5, 0.6) is 0 Å². The summed E-state index contributed by atoms with van der Waals surface area (Å²) in [5, 5.41) is 12.4. The first-order chi connectivity index (χ1) is 8.25. The van der Waals surface area contributed by atoms with Gasteiger partial charge in [-0.1, -0.05) is 19.3 Å². The molecule has 1 aliphatic carbocycles. The highest BCUT2D eigenvalue weighted by Crippen LogP contribution is 2.20. The minimum atomic E-state index is -0.695. The molecule has 0 amide bonds. The largest absolute Gasteiger partial charge is 0.480 e. The number of aliphatic carboxylic acids is 1.